The predicted molar refractivity (Wildman–Crippen MR) is 72.0 cm³/mol. The van der Waals surface area contributed by atoms with E-state index in [1.54, 1.807) is 16.4 Å². The van der Waals surface area contributed by atoms with Crippen LogP contribution in [0.15, 0.2) is 29.2 Å². The third-order valence-electron chi connectivity index (χ3n) is 3.20. The van der Waals surface area contributed by atoms with Crippen molar-refractivity contribution in [2.24, 2.45) is 0 Å². The molecule has 4 nitrogen and oxygen atoms in total. The lowest BCUT2D eigenvalue weighted by Crippen LogP contribution is -2.58. The van der Waals surface area contributed by atoms with Crippen molar-refractivity contribution in [1.29, 1.82) is 0 Å². The first kappa shape index (κ1) is 13.5. The van der Waals surface area contributed by atoms with E-state index < -0.39 is 10.0 Å². The molecule has 1 aliphatic heterocycles. The normalized spacial score (nSPS) is 20.8. The first-order chi connectivity index (χ1) is 8.31. The van der Waals surface area contributed by atoms with Crippen LogP contribution in [-0.2, 0) is 10.0 Å². The first-order valence-corrected chi connectivity index (χ1v) is 7.57. The van der Waals surface area contributed by atoms with Gasteiger partial charge in [0.1, 0.15) is 0 Å². The lowest BCUT2D eigenvalue weighted by Gasteiger charge is -2.38. The van der Waals surface area contributed by atoms with Gasteiger partial charge in [-0.15, -0.1) is 0 Å². The molecule has 0 radical (unpaired) electrons. The van der Waals surface area contributed by atoms with Gasteiger partial charge in [0.15, 0.2) is 0 Å². The highest BCUT2D eigenvalue weighted by atomic mass is 32.2. The van der Waals surface area contributed by atoms with Crippen molar-refractivity contribution in [3.63, 3.8) is 0 Å². The summed E-state index contributed by atoms with van der Waals surface area (Å²) in [5.74, 6) is 0. The molecule has 1 heterocycles. The number of nitrogens with zero attached hydrogens (tertiary/aromatic N) is 1. The largest absolute Gasteiger partial charge is 0.309 e. The summed E-state index contributed by atoms with van der Waals surface area (Å²) in [6, 6.07) is 7.03. The third-order valence-corrected chi connectivity index (χ3v) is 5.05. The number of hydrogen-bond acceptors (Lipinski definition) is 3. The maximum atomic E-state index is 12.5. The van der Waals surface area contributed by atoms with Crippen LogP contribution in [0.4, 0.5) is 0 Å². The molecule has 0 saturated carbocycles. The maximum Gasteiger partial charge on any atom is 0.243 e. The van der Waals surface area contributed by atoms with Crippen LogP contribution in [0.3, 0.4) is 0 Å². The average molecular weight is 268 g/mol. The van der Waals surface area contributed by atoms with Gasteiger partial charge in [-0.2, -0.15) is 4.31 Å². The summed E-state index contributed by atoms with van der Waals surface area (Å²) in [5.41, 5.74) is 0.894. The second kappa shape index (κ2) is 4.64. The summed E-state index contributed by atoms with van der Waals surface area (Å²) < 4.78 is 26.5. The van der Waals surface area contributed by atoms with Gasteiger partial charge >= 0.3 is 0 Å². The third kappa shape index (κ3) is 2.74. The van der Waals surface area contributed by atoms with Crippen LogP contribution in [0.25, 0.3) is 0 Å². The highest BCUT2D eigenvalue weighted by Gasteiger charge is 2.33. The van der Waals surface area contributed by atoms with E-state index in [0.29, 0.717) is 24.5 Å². The van der Waals surface area contributed by atoms with Crippen LogP contribution < -0.4 is 5.32 Å². The van der Waals surface area contributed by atoms with E-state index in [1.807, 2.05) is 32.9 Å². The van der Waals surface area contributed by atoms with Crippen molar-refractivity contribution in [3.05, 3.63) is 29.8 Å². The summed E-state index contributed by atoms with van der Waals surface area (Å²) in [6.07, 6.45) is 0. The van der Waals surface area contributed by atoms with Crippen molar-refractivity contribution in [1.82, 2.24) is 9.62 Å². The van der Waals surface area contributed by atoms with Gasteiger partial charge in [0.2, 0.25) is 10.0 Å². The first-order valence-electron chi connectivity index (χ1n) is 6.13. The fourth-order valence-electron chi connectivity index (χ4n) is 2.16. The topological polar surface area (TPSA) is 49.4 Å². The Balaban J connectivity index is 2.28. The van der Waals surface area contributed by atoms with E-state index in [0.717, 1.165) is 5.56 Å². The molecule has 0 unspecified atom stereocenters. The Morgan fingerprint density at radius 3 is 2.39 bits per heavy atom. The number of sulfonamides is 1. The van der Waals surface area contributed by atoms with Gasteiger partial charge in [0.05, 0.1) is 4.90 Å². The van der Waals surface area contributed by atoms with E-state index >= 15 is 0 Å². The number of hydrogen-bond donors (Lipinski definition) is 1. The Bertz CT molecular complexity index is 520. The van der Waals surface area contributed by atoms with Crippen molar-refractivity contribution in [2.45, 2.75) is 31.2 Å². The molecule has 0 amide bonds. The lowest BCUT2D eigenvalue weighted by molar-refractivity contribution is 0.233. The highest BCUT2D eigenvalue weighted by molar-refractivity contribution is 7.89. The van der Waals surface area contributed by atoms with E-state index in [4.69, 9.17) is 0 Å². The number of nitrogens with one attached hydrogen (secondary N) is 1. The molecule has 0 aromatic heterocycles. The van der Waals surface area contributed by atoms with Crippen molar-refractivity contribution < 1.29 is 8.42 Å². The molecule has 100 valence electrons. The molecule has 18 heavy (non-hydrogen) atoms. The molecule has 0 bridgehead atoms. The van der Waals surface area contributed by atoms with E-state index in [2.05, 4.69) is 5.32 Å². The fraction of sp³-hybridized carbons (Fsp3) is 0.538. The van der Waals surface area contributed by atoms with Gasteiger partial charge in [-0.05, 0) is 32.9 Å². The lowest BCUT2D eigenvalue weighted by atomic mass is 10.0. The second-order valence-corrected chi connectivity index (χ2v) is 7.40. The average Bonchev–Trinajstić information content (AvgIpc) is 2.28. The summed E-state index contributed by atoms with van der Waals surface area (Å²) in [7, 11) is -3.36. The summed E-state index contributed by atoms with van der Waals surface area (Å²) in [4.78, 5) is 0.380. The maximum absolute atomic E-state index is 12.5. The molecule has 2 rings (SSSR count). The molecule has 1 N–H and O–H groups in total. The minimum atomic E-state index is -3.36. The second-order valence-electron chi connectivity index (χ2n) is 5.46. The van der Waals surface area contributed by atoms with Crippen LogP contribution in [0.5, 0.6) is 0 Å². The zero-order valence-electron chi connectivity index (χ0n) is 11.1. The van der Waals surface area contributed by atoms with Gasteiger partial charge in [-0.3, -0.25) is 0 Å². The zero-order chi connectivity index (χ0) is 13.4. The number of piperazine rings is 1. The van der Waals surface area contributed by atoms with Crippen LogP contribution in [0, 0.1) is 6.92 Å². The number of aryl methyl sites for hydroxylation is 1. The zero-order valence-corrected chi connectivity index (χ0v) is 11.9. The molecular weight excluding hydrogens is 248 g/mol. The summed E-state index contributed by atoms with van der Waals surface area (Å²) >= 11 is 0. The standard InChI is InChI=1S/C13H20N2O2S/c1-11-4-6-12(7-5-11)18(16,17)15-9-8-14-13(2,3)10-15/h4-7,14H,8-10H2,1-3H3. The quantitative estimate of drug-likeness (QED) is 0.881. The Morgan fingerprint density at radius 1 is 1.22 bits per heavy atom. The molecule has 1 aromatic carbocycles. The molecule has 1 fully saturated rings. The van der Waals surface area contributed by atoms with Crippen LogP contribution in [0.2, 0.25) is 0 Å². The molecule has 0 atom stereocenters. The SMILES string of the molecule is Cc1ccc(S(=O)(=O)N2CCNC(C)(C)C2)cc1. The monoisotopic (exact) mass is 268 g/mol. The Kier molecular flexibility index (Phi) is 3.49. The van der Waals surface area contributed by atoms with Crippen molar-refractivity contribution >= 4 is 10.0 Å². The minimum absolute atomic E-state index is 0.171. The van der Waals surface area contributed by atoms with Gasteiger partial charge in [0.25, 0.3) is 0 Å². The van der Waals surface area contributed by atoms with Crippen LogP contribution in [0.1, 0.15) is 19.4 Å². The predicted octanol–water partition coefficient (Wildman–Crippen LogP) is 1.37. The van der Waals surface area contributed by atoms with Gasteiger partial charge in [-0.25, -0.2) is 8.42 Å². The molecule has 1 aromatic rings. The van der Waals surface area contributed by atoms with Crippen molar-refractivity contribution in [2.75, 3.05) is 19.6 Å². The van der Waals surface area contributed by atoms with Gasteiger partial charge in [-0.1, -0.05) is 17.7 Å². The van der Waals surface area contributed by atoms with Crippen LogP contribution in [-0.4, -0.2) is 37.9 Å². The number of rotatable bonds is 2. The van der Waals surface area contributed by atoms with Crippen molar-refractivity contribution in [3.8, 4) is 0 Å². The minimum Gasteiger partial charge on any atom is -0.309 e. The van der Waals surface area contributed by atoms with E-state index in [9.17, 15) is 8.42 Å². The Labute approximate surface area is 109 Å². The van der Waals surface area contributed by atoms with E-state index in [-0.39, 0.29) is 5.54 Å². The van der Waals surface area contributed by atoms with E-state index in [1.165, 1.54) is 0 Å². The summed E-state index contributed by atoms with van der Waals surface area (Å²) in [5, 5.41) is 3.31. The van der Waals surface area contributed by atoms with Gasteiger partial charge in [0, 0.05) is 25.2 Å². The Morgan fingerprint density at radius 2 is 1.83 bits per heavy atom. The Hall–Kier alpha value is -0.910. The van der Waals surface area contributed by atoms with Crippen LogP contribution >= 0.6 is 0 Å². The molecule has 5 heteroatoms. The molecule has 1 saturated heterocycles. The number of benzene rings is 1. The highest BCUT2D eigenvalue weighted by Crippen LogP contribution is 2.20. The molecule has 1 aliphatic rings. The molecule has 0 aliphatic carbocycles. The molecular formula is C13H20N2O2S. The fourth-order valence-corrected chi connectivity index (χ4v) is 3.76. The molecule has 0 spiro atoms. The smallest absolute Gasteiger partial charge is 0.243 e. The van der Waals surface area contributed by atoms with Gasteiger partial charge < -0.3 is 5.32 Å². The summed E-state index contributed by atoms with van der Waals surface area (Å²) in [6.45, 7) is 7.71.